The van der Waals surface area contributed by atoms with Crippen LogP contribution in [0.3, 0.4) is 0 Å². The number of rotatable bonds is 6. The molecule has 4 heteroatoms. The van der Waals surface area contributed by atoms with Crippen molar-refractivity contribution in [3.05, 3.63) is 59.9 Å². The average molecular weight is 314 g/mol. The lowest BCUT2D eigenvalue weighted by molar-refractivity contribution is -0.115. The number of para-hydroxylation sites is 1. The Morgan fingerprint density at radius 2 is 1.78 bits per heavy atom. The minimum Gasteiger partial charge on any atom is -0.362 e. The Hall–Kier alpha value is -2.36. The summed E-state index contributed by atoms with van der Waals surface area (Å²) in [5.41, 5.74) is 2.80. The summed E-state index contributed by atoms with van der Waals surface area (Å²) < 4.78 is 13.0. The molecule has 0 heterocycles. The summed E-state index contributed by atoms with van der Waals surface area (Å²) in [6.45, 7) is 7.07. The highest BCUT2D eigenvalue weighted by Gasteiger charge is 2.13. The maximum absolute atomic E-state index is 13.0. The third kappa shape index (κ3) is 4.55. The molecule has 3 nitrogen and oxygen atoms in total. The Morgan fingerprint density at radius 3 is 2.39 bits per heavy atom. The molecule has 0 aliphatic carbocycles. The van der Waals surface area contributed by atoms with Crippen LogP contribution in [-0.2, 0) is 4.79 Å². The zero-order chi connectivity index (χ0) is 16.8. The van der Waals surface area contributed by atoms with E-state index in [0.717, 1.165) is 16.9 Å². The maximum Gasteiger partial charge on any atom is 0.243 e. The summed E-state index contributed by atoms with van der Waals surface area (Å²) in [4.78, 5) is 14.3. The van der Waals surface area contributed by atoms with Crippen LogP contribution >= 0.6 is 0 Å². The van der Waals surface area contributed by atoms with Crippen LogP contribution in [0.4, 0.5) is 15.8 Å². The van der Waals surface area contributed by atoms with Crippen LogP contribution in [0.1, 0.15) is 32.3 Å². The second-order valence-electron chi connectivity index (χ2n) is 5.78. The first-order chi connectivity index (χ1) is 11.0. The molecule has 0 atom stereocenters. The molecule has 122 valence electrons. The first-order valence-electron chi connectivity index (χ1n) is 7.90. The molecule has 1 amide bonds. The molecular formula is C19H23FN2O. The van der Waals surface area contributed by atoms with E-state index in [1.54, 1.807) is 12.1 Å². The van der Waals surface area contributed by atoms with E-state index in [1.807, 2.05) is 36.1 Å². The number of nitrogens with one attached hydrogen (secondary N) is 1. The van der Waals surface area contributed by atoms with Gasteiger partial charge in [-0.05, 0) is 48.7 Å². The zero-order valence-corrected chi connectivity index (χ0v) is 13.8. The van der Waals surface area contributed by atoms with Gasteiger partial charge in [0, 0.05) is 17.9 Å². The number of carbonyl (C=O) groups excluding carboxylic acids is 1. The van der Waals surface area contributed by atoms with Crippen LogP contribution in [0.5, 0.6) is 0 Å². The predicted molar refractivity (Wildman–Crippen MR) is 93.4 cm³/mol. The van der Waals surface area contributed by atoms with Crippen LogP contribution in [0.2, 0.25) is 0 Å². The molecule has 23 heavy (non-hydrogen) atoms. The second-order valence-corrected chi connectivity index (χ2v) is 5.78. The first-order valence-corrected chi connectivity index (χ1v) is 7.90. The summed E-state index contributed by atoms with van der Waals surface area (Å²) in [5, 5.41) is 2.98. The number of nitrogens with zero attached hydrogens (tertiary/aromatic N) is 1. The summed E-state index contributed by atoms with van der Waals surface area (Å²) in [5.74, 6) is -0.0183. The van der Waals surface area contributed by atoms with Gasteiger partial charge in [0.05, 0.1) is 6.54 Å². The Kier molecular flexibility index (Phi) is 5.74. The molecular weight excluding hydrogens is 291 g/mol. The summed E-state index contributed by atoms with van der Waals surface area (Å²) in [6, 6.07) is 14.0. The Balaban J connectivity index is 2.07. The summed E-state index contributed by atoms with van der Waals surface area (Å²) in [6.07, 6.45) is 0. The SMILES string of the molecule is CCN(CC(=O)Nc1ccccc1C(C)C)c1ccc(F)cc1. The van der Waals surface area contributed by atoms with Crippen molar-refractivity contribution in [3.8, 4) is 0 Å². The van der Waals surface area contributed by atoms with Gasteiger partial charge in [-0.1, -0.05) is 32.0 Å². The molecule has 0 aliphatic rings. The largest absolute Gasteiger partial charge is 0.362 e. The van der Waals surface area contributed by atoms with Crippen LogP contribution in [0, 0.1) is 5.82 Å². The fourth-order valence-electron chi connectivity index (χ4n) is 2.51. The van der Waals surface area contributed by atoms with Gasteiger partial charge >= 0.3 is 0 Å². The van der Waals surface area contributed by atoms with Gasteiger partial charge < -0.3 is 10.2 Å². The van der Waals surface area contributed by atoms with E-state index in [1.165, 1.54) is 12.1 Å². The van der Waals surface area contributed by atoms with Gasteiger partial charge in [-0.15, -0.1) is 0 Å². The molecule has 0 aliphatic heterocycles. The monoisotopic (exact) mass is 314 g/mol. The fraction of sp³-hybridized carbons (Fsp3) is 0.316. The highest BCUT2D eigenvalue weighted by atomic mass is 19.1. The standard InChI is InChI=1S/C19H23FN2O/c1-4-22(16-11-9-15(20)10-12-16)13-19(23)21-18-8-6-5-7-17(18)14(2)3/h5-12,14H,4,13H2,1-3H3,(H,21,23). The summed E-state index contributed by atoms with van der Waals surface area (Å²) >= 11 is 0. The van der Waals surface area contributed by atoms with E-state index in [9.17, 15) is 9.18 Å². The van der Waals surface area contributed by atoms with E-state index in [0.29, 0.717) is 12.5 Å². The topological polar surface area (TPSA) is 32.3 Å². The van der Waals surface area contributed by atoms with Gasteiger partial charge in [0.1, 0.15) is 5.82 Å². The molecule has 0 unspecified atom stereocenters. The quantitative estimate of drug-likeness (QED) is 0.856. The minimum atomic E-state index is -0.278. The summed E-state index contributed by atoms with van der Waals surface area (Å²) in [7, 11) is 0. The van der Waals surface area contributed by atoms with Crippen molar-refractivity contribution in [1.82, 2.24) is 0 Å². The van der Waals surface area contributed by atoms with Gasteiger partial charge in [-0.2, -0.15) is 0 Å². The molecule has 2 aromatic rings. The maximum atomic E-state index is 13.0. The normalized spacial score (nSPS) is 10.7. The number of halogens is 1. The number of hydrogen-bond acceptors (Lipinski definition) is 2. The molecule has 2 aromatic carbocycles. The number of anilines is 2. The predicted octanol–water partition coefficient (Wildman–Crippen LogP) is 4.41. The van der Waals surface area contributed by atoms with E-state index in [4.69, 9.17) is 0 Å². The second kappa shape index (κ2) is 7.77. The van der Waals surface area contributed by atoms with E-state index in [-0.39, 0.29) is 18.3 Å². The van der Waals surface area contributed by atoms with Gasteiger partial charge in [0.2, 0.25) is 5.91 Å². The van der Waals surface area contributed by atoms with Crippen LogP contribution < -0.4 is 10.2 Å². The molecule has 1 N–H and O–H groups in total. The third-order valence-corrected chi connectivity index (χ3v) is 3.76. The molecule has 0 saturated carbocycles. The number of carbonyl (C=O) groups is 1. The van der Waals surface area contributed by atoms with Crippen molar-refractivity contribution in [2.45, 2.75) is 26.7 Å². The van der Waals surface area contributed by atoms with Crippen molar-refractivity contribution in [2.75, 3.05) is 23.3 Å². The lowest BCUT2D eigenvalue weighted by atomic mass is 10.0. The smallest absolute Gasteiger partial charge is 0.243 e. The molecule has 0 spiro atoms. The Bertz CT molecular complexity index is 653. The molecule has 0 saturated heterocycles. The number of amides is 1. The first kappa shape index (κ1) is 17.0. The van der Waals surface area contributed by atoms with Crippen molar-refractivity contribution >= 4 is 17.3 Å². The lowest BCUT2D eigenvalue weighted by Crippen LogP contribution is -2.33. The van der Waals surface area contributed by atoms with Crippen LogP contribution in [-0.4, -0.2) is 19.0 Å². The highest BCUT2D eigenvalue weighted by molar-refractivity contribution is 5.94. The highest BCUT2D eigenvalue weighted by Crippen LogP contribution is 2.23. The number of hydrogen-bond donors (Lipinski definition) is 1. The van der Waals surface area contributed by atoms with Crippen molar-refractivity contribution < 1.29 is 9.18 Å². The van der Waals surface area contributed by atoms with Crippen molar-refractivity contribution in [2.24, 2.45) is 0 Å². The number of likely N-dealkylation sites (N-methyl/N-ethyl adjacent to an activating group) is 1. The van der Waals surface area contributed by atoms with Gasteiger partial charge in [-0.25, -0.2) is 4.39 Å². The van der Waals surface area contributed by atoms with Crippen LogP contribution in [0.25, 0.3) is 0 Å². The van der Waals surface area contributed by atoms with E-state index in [2.05, 4.69) is 19.2 Å². The van der Waals surface area contributed by atoms with Crippen LogP contribution in [0.15, 0.2) is 48.5 Å². The Morgan fingerprint density at radius 1 is 1.13 bits per heavy atom. The van der Waals surface area contributed by atoms with E-state index >= 15 is 0 Å². The van der Waals surface area contributed by atoms with Crippen molar-refractivity contribution in [3.63, 3.8) is 0 Å². The fourth-order valence-corrected chi connectivity index (χ4v) is 2.51. The minimum absolute atomic E-state index is 0.0794. The molecule has 2 rings (SSSR count). The number of benzene rings is 2. The Labute approximate surface area is 137 Å². The molecule has 0 bridgehead atoms. The van der Waals surface area contributed by atoms with Crippen molar-refractivity contribution in [1.29, 1.82) is 0 Å². The van der Waals surface area contributed by atoms with E-state index < -0.39 is 0 Å². The molecule has 0 aromatic heterocycles. The average Bonchev–Trinajstić information content (AvgIpc) is 2.54. The third-order valence-electron chi connectivity index (χ3n) is 3.76. The van der Waals surface area contributed by atoms with Gasteiger partial charge in [-0.3, -0.25) is 4.79 Å². The molecule has 0 fully saturated rings. The lowest BCUT2D eigenvalue weighted by Gasteiger charge is -2.23. The zero-order valence-electron chi connectivity index (χ0n) is 13.8. The molecule has 0 radical (unpaired) electrons. The van der Waals surface area contributed by atoms with Gasteiger partial charge in [0.15, 0.2) is 0 Å². The van der Waals surface area contributed by atoms with Gasteiger partial charge in [0.25, 0.3) is 0 Å².